The van der Waals surface area contributed by atoms with Crippen LogP contribution in [0.2, 0.25) is 0 Å². The average molecular weight is 345 g/mol. The molecule has 0 spiro atoms. The zero-order valence-corrected chi connectivity index (χ0v) is 13.9. The summed E-state index contributed by atoms with van der Waals surface area (Å²) in [5.74, 6) is -0.195. The molecular weight excluding hydrogens is 330 g/mol. The second-order valence-corrected chi connectivity index (χ2v) is 6.81. The molecule has 3 aromatic rings. The molecule has 0 aliphatic rings. The highest BCUT2D eigenvalue weighted by Crippen LogP contribution is 2.32. The van der Waals surface area contributed by atoms with Crippen molar-refractivity contribution in [2.45, 2.75) is 4.90 Å². The normalized spacial score (nSPS) is 11.4. The minimum absolute atomic E-state index is 0.146. The second kappa shape index (κ2) is 6.01. The highest BCUT2D eigenvalue weighted by atomic mass is 32.2. The molecule has 0 bridgehead atoms. The first kappa shape index (κ1) is 16.1. The predicted molar refractivity (Wildman–Crippen MR) is 88.9 cm³/mol. The topological polar surface area (TPSA) is 74.6 Å². The fraction of sp³-hybridized carbons (Fsp3) is 0.118. The standard InChI is InChI=1S/C17H15NO5S/c1-22-15-9-8-14(17(19)23-2)13-10-11-18(16(13)15)24(20,21)12-6-4-3-5-7-12/h3-11H,1-2H3. The zero-order chi connectivity index (χ0) is 17.3. The number of fused-ring (bicyclic) bond motifs is 1. The largest absolute Gasteiger partial charge is 0.495 e. The minimum Gasteiger partial charge on any atom is -0.495 e. The van der Waals surface area contributed by atoms with Crippen LogP contribution in [0.1, 0.15) is 10.4 Å². The van der Waals surface area contributed by atoms with Gasteiger partial charge in [0.25, 0.3) is 10.0 Å². The zero-order valence-electron chi connectivity index (χ0n) is 13.1. The van der Waals surface area contributed by atoms with Crippen LogP contribution in [-0.2, 0) is 14.8 Å². The van der Waals surface area contributed by atoms with Gasteiger partial charge in [-0.3, -0.25) is 0 Å². The van der Waals surface area contributed by atoms with Crippen LogP contribution < -0.4 is 4.74 Å². The van der Waals surface area contributed by atoms with Crippen molar-refractivity contribution in [2.75, 3.05) is 14.2 Å². The van der Waals surface area contributed by atoms with E-state index in [1.165, 1.54) is 32.5 Å². The van der Waals surface area contributed by atoms with Crippen LogP contribution in [0, 0.1) is 0 Å². The molecular formula is C17H15NO5S. The first-order chi connectivity index (χ1) is 11.5. The quantitative estimate of drug-likeness (QED) is 0.680. The van der Waals surface area contributed by atoms with Crippen LogP contribution in [0.15, 0.2) is 59.6 Å². The molecule has 0 aliphatic heterocycles. The van der Waals surface area contributed by atoms with Crippen molar-refractivity contribution in [2.24, 2.45) is 0 Å². The van der Waals surface area contributed by atoms with Crippen LogP contribution in [0.5, 0.6) is 5.75 Å². The van der Waals surface area contributed by atoms with E-state index in [0.717, 1.165) is 3.97 Å². The molecule has 1 heterocycles. The molecule has 124 valence electrons. The fourth-order valence-corrected chi connectivity index (χ4v) is 3.94. The van der Waals surface area contributed by atoms with Gasteiger partial charge >= 0.3 is 5.97 Å². The summed E-state index contributed by atoms with van der Waals surface area (Å²) in [6.45, 7) is 0. The fourth-order valence-electron chi connectivity index (χ4n) is 2.56. The minimum atomic E-state index is -3.82. The van der Waals surface area contributed by atoms with Crippen LogP contribution >= 0.6 is 0 Å². The van der Waals surface area contributed by atoms with Crippen molar-refractivity contribution in [3.63, 3.8) is 0 Å². The van der Waals surface area contributed by atoms with E-state index in [9.17, 15) is 13.2 Å². The monoisotopic (exact) mass is 345 g/mol. The van der Waals surface area contributed by atoms with Gasteiger partial charge in [0.1, 0.15) is 11.3 Å². The number of rotatable bonds is 4. The number of aromatic nitrogens is 1. The Bertz CT molecular complexity index is 1010. The van der Waals surface area contributed by atoms with Gasteiger partial charge in [-0.05, 0) is 30.3 Å². The lowest BCUT2D eigenvalue weighted by atomic mass is 10.1. The Hall–Kier alpha value is -2.80. The van der Waals surface area contributed by atoms with Gasteiger partial charge in [-0.1, -0.05) is 18.2 Å². The third-order valence-electron chi connectivity index (χ3n) is 3.70. The van der Waals surface area contributed by atoms with E-state index in [1.54, 1.807) is 36.4 Å². The van der Waals surface area contributed by atoms with E-state index >= 15 is 0 Å². The molecule has 3 rings (SSSR count). The molecule has 7 heteroatoms. The molecule has 0 aliphatic carbocycles. The Balaban J connectivity index is 2.33. The smallest absolute Gasteiger partial charge is 0.338 e. The molecule has 1 aromatic heterocycles. The third kappa shape index (κ3) is 2.43. The summed E-state index contributed by atoms with van der Waals surface area (Å²) in [5.41, 5.74) is 0.569. The summed E-state index contributed by atoms with van der Waals surface area (Å²) in [6.07, 6.45) is 1.40. The van der Waals surface area contributed by atoms with Gasteiger partial charge in [0, 0.05) is 11.6 Å². The van der Waals surface area contributed by atoms with E-state index in [4.69, 9.17) is 9.47 Å². The number of hydrogen-bond acceptors (Lipinski definition) is 5. The van der Waals surface area contributed by atoms with Crippen molar-refractivity contribution < 1.29 is 22.7 Å². The number of benzene rings is 2. The maximum atomic E-state index is 12.9. The number of hydrogen-bond donors (Lipinski definition) is 0. The molecule has 0 fully saturated rings. The van der Waals surface area contributed by atoms with Crippen LogP contribution in [-0.4, -0.2) is 32.6 Å². The second-order valence-electron chi connectivity index (χ2n) is 5.00. The van der Waals surface area contributed by atoms with E-state index in [0.29, 0.717) is 16.7 Å². The SMILES string of the molecule is COC(=O)c1ccc(OC)c2c1ccn2S(=O)(=O)c1ccccc1. The lowest BCUT2D eigenvalue weighted by Gasteiger charge is -2.11. The van der Waals surface area contributed by atoms with Crippen molar-refractivity contribution in [1.29, 1.82) is 0 Å². The Kier molecular flexibility index (Phi) is 4.02. The summed E-state index contributed by atoms with van der Waals surface area (Å²) >= 11 is 0. The van der Waals surface area contributed by atoms with Crippen LogP contribution in [0.3, 0.4) is 0 Å². The van der Waals surface area contributed by atoms with Crippen molar-refractivity contribution in [3.05, 3.63) is 60.3 Å². The first-order valence-electron chi connectivity index (χ1n) is 7.07. The Labute approximate surface area is 139 Å². The molecule has 0 amide bonds. The first-order valence-corrected chi connectivity index (χ1v) is 8.51. The lowest BCUT2D eigenvalue weighted by molar-refractivity contribution is 0.0603. The molecule has 0 saturated carbocycles. The molecule has 2 aromatic carbocycles. The highest BCUT2D eigenvalue weighted by molar-refractivity contribution is 7.90. The van der Waals surface area contributed by atoms with Crippen LogP contribution in [0.25, 0.3) is 10.9 Å². The van der Waals surface area contributed by atoms with Crippen molar-refractivity contribution >= 4 is 26.9 Å². The summed E-state index contributed by atoms with van der Waals surface area (Å²) < 4.78 is 37.0. The molecule has 0 unspecified atom stereocenters. The summed E-state index contributed by atoms with van der Waals surface area (Å²) in [7, 11) is -1.10. The number of esters is 1. The van der Waals surface area contributed by atoms with Crippen molar-refractivity contribution in [3.8, 4) is 5.75 Å². The van der Waals surface area contributed by atoms with Gasteiger partial charge in [-0.2, -0.15) is 0 Å². The molecule has 0 radical (unpaired) electrons. The van der Waals surface area contributed by atoms with E-state index in [2.05, 4.69) is 0 Å². The lowest BCUT2D eigenvalue weighted by Crippen LogP contribution is -2.12. The van der Waals surface area contributed by atoms with E-state index < -0.39 is 16.0 Å². The van der Waals surface area contributed by atoms with Crippen molar-refractivity contribution in [1.82, 2.24) is 3.97 Å². The maximum absolute atomic E-state index is 12.9. The molecule has 0 saturated heterocycles. The van der Waals surface area contributed by atoms with Gasteiger partial charge in [0.2, 0.25) is 0 Å². The third-order valence-corrected chi connectivity index (χ3v) is 5.39. The Morgan fingerprint density at radius 1 is 1.00 bits per heavy atom. The summed E-state index contributed by atoms with van der Waals surface area (Å²) in [6, 6.07) is 12.7. The van der Waals surface area contributed by atoms with Gasteiger partial charge in [0.15, 0.2) is 0 Å². The maximum Gasteiger partial charge on any atom is 0.338 e. The average Bonchev–Trinajstić information content (AvgIpc) is 3.07. The van der Waals surface area contributed by atoms with E-state index in [1.807, 2.05) is 0 Å². The number of nitrogens with zero attached hydrogens (tertiary/aromatic N) is 1. The van der Waals surface area contributed by atoms with Gasteiger partial charge in [-0.25, -0.2) is 17.2 Å². The summed E-state index contributed by atoms with van der Waals surface area (Å²) in [5, 5.41) is 0.445. The molecule has 24 heavy (non-hydrogen) atoms. The number of carbonyl (C=O) groups is 1. The number of ether oxygens (including phenoxy) is 2. The van der Waals surface area contributed by atoms with Gasteiger partial charge < -0.3 is 9.47 Å². The Morgan fingerprint density at radius 3 is 2.33 bits per heavy atom. The van der Waals surface area contributed by atoms with Gasteiger partial charge in [0.05, 0.1) is 24.7 Å². The Morgan fingerprint density at radius 2 is 1.71 bits per heavy atom. The predicted octanol–water partition coefficient (Wildman–Crippen LogP) is 2.67. The number of methoxy groups -OCH3 is 2. The molecule has 0 N–H and O–H groups in total. The van der Waals surface area contributed by atoms with Gasteiger partial charge in [-0.15, -0.1) is 0 Å². The number of carbonyl (C=O) groups excluding carboxylic acids is 1. The highest BCUT2D eigenvalue weighted by Gasteiger charge is 2.23. The van der Waals surface area contributed by atoms with Crippen LogP contribution in [0.4, 0.5) is 0 Å². The summed E-state index contributed by atoms with van der Waals surface area (Å²) in [4.78, 5) is 12.1. The van der Waals surface area contributed by atoms with E-state index in [-0.39, 0.29) is 10.5 Å². The molecule has 0 atom stereocenters. The molecule has 6 nitrogen and oxygen atoms in total.